The maximum atomic E-state index is 5.82. The molecule has 2 rings (SSSR count). The van der Waals surface area contributed by atoms with Crippen molar-refractivity contribution < 1.29 is 0 Å². The maximum absolute atomic E-state index is 5.82. The Labute approximate surface area is 117 Å². The number of halogens is 1. The van der Waals surface area contributed by atoms with Crippen LogP contribution in [0, 0.1) is 0 Å². The summed E-state index contributed by atoms with van der Waals surface area (Å²) in [6.07, 6.45) is 1.04. The molecule has 0 amide bonds. The molecule has 1 unspecified atom stereocenters. The Balaban J connectivity index is 2.07. The van der Waals surface area contributed by atoms with Crippen molar-refractivity contribution in [3.8, 4) is 0 Å². The minimum absolute atomic E-state index is 0.418. The van der Waals surface area contributed by atoms with Gasteiger partial charge in [-0.3, -0.25) is 0 Å². The highest BCUT2D eigenvalue weighted by Gasteiger charge is 2.12. The Bertz CT molecular complexity index is 484. The van der Waals surface area contributed by atoms with Crippen LogP contribution in [0.2, 0.25) is 0 Å². The molecule has 0 spiro atoms. The van der Waals surface area contributed by atoms with Crippen molar-refractivity contribution in [1.29, 1.82) is 0 Å². The molecule has 4 heteroatoms. The van der Waals surface area contributed by atoms with Gasteiger partial charge in [-0.05, 0) is 30.5 Å². The van der Waals surface area contributed by atoms with Crippen LogP contribution in [0.5, 0.6) is 0 Å². The van der Waals surface area contributed by atoms with Crippen LogP contribution >= 0.6 is 22.9 Å². The average Bonchev–Trinajstić information content (AvgIpc) is 2.90. The average molecular weight is 281 g/mol. The fourth-order valence-corrected chi connectivity index (χ4v) is 2.80. The third-order valence-electron chi connectivity index (χ3n) is 3.03. The minimum atomic E-state index is 0.418. The summed E-state index contributed by atoms with van der Waals surface area (Å²) in [6.45, 7) is 2.22. The number of rotatable bonds is 5. The second kappa shape index (κ2) is 6.21. The van der Waals surface area contributed by atoms with Gasteiger partial charge in [-0.15, -0.1) is 22.9 Å². The van der Waals surface area contributed by atoms with Crippen molar-refractivity contribution in [3.05, 3.63) is 46.3 Å². The highest BCUT2D eigenvalue weighted by atomic mass is 35.5. The summed E-state index contributed by atoms with van der Waals surface area (Å²) in [5.74, 6) is 1.44. The molecule has 0 aliphatic carbocycles. The highest BCUT2D eigenvalue weighted by Crippen LogP contribution is 2.18. The maximum Gasteiger partial charge on any atom is 0.128 e. The van der Waals surface area contributed by atoms with Gasteiger partial charge in [-0.25, -0.2) is 4.98 Å². The van der Waals surface area contributed by atoms with Gasteiger partial charge < -0.3 is 4.90 Å². The number of alkyl halides is 1. The number of anilines is 1. The molecule has 0 saturated heterocycles. The van der Waals surface area contributed by atoms with Crippen molar-refractivity contribution in [2.75, 3.05) is 11.9 Å². The molecule has 2 aromatic rings. The number of nitrogens with zero attached hydrogens (tertiary/aromatic N) is 2. The van der Waals surface area contributed by atoms with Gasteiger partial charge in [0, 0.05) is 24.4 Å². The molecule has 2 heterocycles. The van der Waals surface area contributed by atoms with Gasteiger partial charge in [0.15, 0.2) is 0 Å². The van der Waals surface area contributed by atoms with Gasteiger partial charge in [0.25, 0.3) is 0 Å². The quantitative estimate of drug-likeness (QED) is 0.771. The molecule has 0 aliphatic heterocycles. The largest absolute Gasteiger partial charge is 0.357 e. The van der Waals surface area contributed by atoms with E-state index < -0.39 is 0 Å². The number of pyridine rings is 1. The van der Waals surface area contributed by atoms with E-state index >= 15 is 0 Å². The molecule has 0 fully saturated rings. The van der Waals surface area contributed by atoms with Crippen molar-refractivity contribution in [1.82, 2.24) is 4.98 Å². The molecule has 2 aromatic heterocycles. The summed E-state index contributed by atoms with van der Waals surface area (Å²) < 4.78 is 0. The molecule has 1 atom stereocenters. The van der Waals surface area contributed by atoms with Crippen LogP contribution in [0.1, 0.15) is 17.5 Å². The zero-order valence-electron chi connectivity index (χ0n) is 10.6. The lowest BCUT2D eigenvalue weighted by Gasteiger charge is -2.26. The highest BCUT2D eigenvalue weighted by molar-refractivity contribution is 7.09. The smallest absolute Gasteiger partial charge is 0.128 e. The lowest BCUT2D eigenvalue weighted by atomic mass is 10.2. The topological polar surface area (TPSA) is 16.1 Å². The molecule has 0 aliphatic rings. The number of aromatic nitrogens is 1. The van der Waals surface area contributed by atoms with E-state index in [1.807, 2.05) is 18.2 Å². The van der Waals surface area contributed by atoms with Crippen molar-refractivity contribution in [2.45, 2.75) is 25.3 Å². The van der Waals surface area contributed by atoms with Crippen LogP contribution in [0.4, 0.5) is 5.82 Å². The van der Waals surface area contributed by atoms with Crippen LogP contribution in [0.15, 0.2) is 35.7 Å². The minimum Gasteiger partial charge on any atom is -0.357 e. The van der Waals surface area contributed by atoms with Crippen LogP contribution in [0.25, 0.3) is 0 Å². The standard InChI is InChI=1S/C14H17ClN2S/c1-11(9-13-6-4-8-18-13)17(2)14-7-3-5-12(10-15)16-14/h3-8,11H,9-10H2,1-2H3. The van der Waals surface area contributed by atoms with E-state index in [9.17, 15) is 0 Å². The van der Waals surface area contributed by atoms with Crippen molar-refractivity contribution in [2.24, 2.45) is 0 Å². The Morgan fingerprint density at radius 1 is 1.33 bits per heavy atom. The SMILES string of the molecule is CC(Cc1cccs1)N(C)c1cccc(CCl)n1. The predicted octanol–water partition coefficient (Wildman–Crippen LogP) is 3.95. The second-order valence-corrected chi connectivity index (χ2v) is 5.66. The van der Waals surface area contributed by atoms with E-state index in [4.69, 9.17) is 11.6 Å². The molecule has 96 valence electrons. The fourth-order valence-electron chi connectivity index (χ4n) is 1.82. The van der Waals surface area contributed by atoms with Crippen LogP contribution in [0.3, 0.4) is 0 Å². The Kier molecular flexibility index (Phi) is 4.61. The van der Waals surface area contributed by atoms with Crippen molar-refractivity contribution in [3.63, 3.8) is 0 Å². The summed E-state index contributed by atoms with van der Waals surface area (Å²) in [5, 5.41) is 2.12. The first-order chi connectivity index (χ1) is 8.70. The second-order valence-electron chi connectivity index (χ2n) is 4.36. The first-order valence-corrected chi connectivity index (χ1v) is 7.39. The molecule has 0 saturated carbocycles. The Morgan fingerprint density at radius 3 is 2.83 bits per heavy atom. The zero-order valence-corrected chi connectivity index (χ0v) is 12.2. The third-order valence-corrected chi connectivity index (χ3v) is 4.20. The number of hydrogen-bond donors (Lipinski definition) is 0. The molecular weight excluding hydrogens is 264 g/mol. The fraction of sp³-hybridized carbons (Fsp3) is 0.357. The van der Waals surface area contributed by atoms with E-state index in [0.29, 0.717) is 11.9 Å². The summed E-state index contributed by atoms with van der Waals surface area (Å²) in [7, 11) is 2.08. The van der Waals surface area contributed by atoms with Crippen molar-refractivity contribution >= 4 is 28.8 Å². The lowest BCUT2D eigenvalue weighted by Crippen LogP contribution is -2.31. The van der Waals surface area contributed by atoms with E-state index in [0.717, 1.165) is 17.9 Å². The zero-order chi connectivity index (χ0) is 13.0. The molecule has 2 nitrogen and oxygen atoms in total. The van der Waals surface area contributed by atoms with E-state index in [1.54, 1.807) is 11.3 Å². The van der Waals surface area contributed by atoms with Crippen LogP contribution < -0.4 is 4.90 Å². The van der Waals surface area contributed by atoms with E-state index in [1.165, 1.54) is 4.88 Å². The summed E-state index contributed by atoms with van der Waals surface area (Å²) in [4.78, 5) is 8.15. The van der Waals surface area contributed by atoms with Gasteiger partial charge in [0.05, 0.1) is 11.6 Å². The number of hydrogen-bond acceptors (Lipinski definition) is 3. The van der Waals surface area contributed by atoms with Gasteiger partial charge in [-0.2, -0.15) is 0 Å². The third kappa shape index (κ3) is 3.24. The number of likely N-dealkylation sites (N-methyl/N-ethyl adjacent to an activating group) is 1. The lowest BCUT2D eigenvalue weighted by molar-refractivity contribution is 0.679. The van der Waals surface area contributed by atoms with Gasteiger partial charge in [-0.1, -0.05) is 12.1 Å². The Hall–Kier alpha value is -1.06. The monoisotopic (exact) mass is 280 g/mol. The first kappa shape index (κ1) is 13.4. The van der Waals surface area contributed by atoms with Gasteiger partial charge in [0.2, 0.25) is 0 Å². The van der Waals surface area contributed by atoms with Crippen LogP contribution in [-0.4, -0.2) is 18.1 Å². The van der Waals surface area contributed by atoms with Crippen LogP contribution in [-0.2, 0) is 12.3 Å². The van der Waals surface area contributed by atoms with Gasteiger partial charge in [0.1, 0.15) is 5.82 Å². The molecule has 0 bridgehead atoms. The first-order valence-electron chi connectivity index (χ1n) is 5.98. The molecule has 0 N–H and O–H groups in total. The molecule has 0 aromatic carbocycles. The molecular formula is C14H17ClN2S. The predicted molar refractivity (Wildman–Crippen MR) is 79.7 cm³/mol. The summed E-state index contributed by atoms with van der Waals surface area (Å²) in [6, 6.07) is 10.7. The Morgan fingerprint density at radius 2 is 2.17 bits per heavy atom. The van der Waals surface area contributed by atoms with E-state index in [2.05, 4.69) is 41.4 Å². The molecule has 0 radical (unpaired) electrons. The summed E-state index contributed by atoms with van der Waals surface area (Å²) in [5.41, 5.74) is 0.921. The van der Waals surface area contributed by atoms with Gasteiger partial charge >= 0.3 is 0 Å². The number of thiophene rings is 1. The molecule has 18 heavy (non-hydrogen) atoms. The van der Waals surface area contributed by atoms with E-state index in [-0.39, 0.29) is 0 Å². The normalized spacial score (nSPS) is 12.4. The summed E-state index contributed by atoms with van der Waals surface area (Å²) >= 11 is 7.62.